The van der Waals surface area contributed by atoms with E-state index in [1.165, 1.54) is 0 Å². The van der Waals surface area contributed by atoms with Crippen molar-refractivity contribution in [1.82, 2.24) is 14.7 Å². The van der Waals surface area contributed by atoms with Gasteiger partial charge in [0.15, 0.2) is 0 Å². The Morgan fingerprint density at radius 3 is 2.40 bits per heavy atom. The first-order valence-electron chi connectivity index (χ1n) is 7.80. The largest absolute Gasteiger partial charge is 0.368 e. The maximum atomic E-state index is 12.4. The lowest BCUT2D eigenvalue weighted by atomic mass is 10.1. The molecule has 2 rings (SSSR count). The number of carbonyl (C=O) groups is 1. The molecule has 0 aliphatic carbocycles. The summed E-state index contributed by atoms with van der Waals surface area (Å²) in [5, 5.41) is 0. The van der Waals surface area contributed by atoms with E-state index in [0.717, 1.165) is 45.6 Å². The molecule has 0 bridgehead atoms. The van der Waals surface area contributed by atoms with Crippen molar-refractivity contribution in [2.75, 3.05) is 46.9 Å². The molecule has 1 amide bonds. The van der Waals surface area contributed by atoms with E-state index in [2.05, 4.69) is 37.7 Å². The second-order valence-electron chi connectivity index (χ2n) is 6.48. The molecule has 20 heavy (non-hydrogen) atoms. The van der Waals surface area contributed by atoms with Gasteiger partial charge in [-0.2, -0.15) is 0 Å². The van der Waals surface area contributed by atoms with E-state index in [-0.39, 0.29) is 12.0 Å². The number of amides is 1. The predicted molar refractivity (Wildman–Crippen MR) is 79.7 cm³/mol. The van der Waals surface area contributed by atoms with Crippen LogP contribution in [0.3, 0.4) is 0 Å². The lowest BCUT2D eigenvalue weighted by Crippen LogP contribution is -2.60. The van der Waals surface area contributed by atoms with Crippen LogP contribution in [0.2, 0.25) is 0 Å². The van der Waals surface area contributed by atoms with E-state index in [4.69, 9.17) is 4.74 Å². The smallest absolute Gasteiger partial charge is 0.251 e. The number of ether oxygens (including phenoxy) is 1. The summed E-state index contributed by atoms with van der Waals surface area (Å²) in [6.45, 7) is 8.98. The molecule has 0 radical (unpaired) electrons. The molecule has 0 aromatic heterocycles. The second kappa shape index (κ2) is 6.87. The molecule has 3 unspecified atom stereocenters. The summed E-state index contributed by atoms with van der Waals surface area (Å²) in [4.78, 5) is 19.2. The molecule has 0 N–H and O–H groups in total. The third-order valence-corrected chi connectivity index (χ3v) is 4.42. The summed E-state index contributed by atoms with van der Waals surface area (Å²) in [5.74, 6) is 0.202. The molecule has 3 atom stereocenters. The Balaban J connectivity index is 1.89. The van der Waals surface area contributed by atoms with Crippen molar-refractivity contribution in [3.05, 3.63) is 0 Å². The number of carbonyl (C=O) groups excluding carboxylic acids is 1. The number of hydrogen-bond acceptors (Lipinski definition) is 4. The van der Waals surface area contributed by atoms with Gasteiger partial charge in [-0.3, -0.25) is 9.69 Å². The molecule has 5 nitrogen and oxygen atoms in total. The molecule has 2 aliphatic rings. The van der Waals surface area contributed by atoms with Gasteiger partial charge in [-0.25, -0.2) is 0 Å². The molecule has 0 spiro atoms. The molecule has 2 aliphatic heterocycles. The third-order valence-electron chi connectivity index (χ3n) is 4.42. The highest BCUT2D eigenvalue weighted by Gasteiger charge is 2.35. The van der Waals surface area contributed by atoms with Crippen molar-refractivity contribution in [2.24, 2.45) is 0 Å². The van der Waals surface area contributed by atoms with Gasteiger partial charge in [-0.15, -0.1) is 0 Å². The quantitative estimate of drug-likeness (QED) is 0.759. The van der Waals surface area contributed by atoms with Crippen LogP contribution in [0.15, 0.2) is 0 Å². The molecule has 2 saturated heterocycles. The van der Waals surface area contributed by atoms with Crippen molar-refractivity contribution < 1.29 is 9.53 Å². The molecular weight excluding hydrogens is 254 g/mol. The summed E-state index contributed by atoms with van der Waals surface area (Å²) in [5.41, 5.74) is 0. The normalized spacial score (nSPS) is 32.0. The van der Waals surface area contributed by atoms with Crippen LogP contribution in [0.5, 0.6) is 0 Å². The topological polar surface area (TPSA) is 36.0 Å². The number of nitrogens with zero attached hydrogens (tertiary/aromatic N) is 3. The molecule has 2 heterocycles. The highest BCUT2D eigenvalue weighted by atomic mass is 16.5. The van der Waals surface area contributed by atoms with Gasteiger partial charge in [0.1, 0.15) is 6.10 Å². The second-order valence-corrected chi connectivity index (χ2v) is 6.48. The van der Waals surface area contributed by atoms with Crippen LogP contribution >= 0.6 is 0 Å². The minimum absolute atomic E-state index is 0.178. The maximum Gasteiger partial charge on any atom is 0.251 e. The summed E-state index contributed by atoms with van der Waals surface area (Å²) < 4.78 is 5.53. The lowest BCUT2D eigenvalue weighted by molar-refractivity contribution is -0.145. The number of rotatable bonds is 4. The van der Waals surface area contributed by atoms with Gasteiger partial charge in [-0.1, -0.05) is 0 Å². The third kappa shape index (κ3) is 3.71. The molecule has 0 saturated carbocycles. The highest BCUT2D eigenvalue weighted by Crippen LogP contribution is 2.20. The molecule has 116 valence electrons. The predicted octanol–water partition coefficient (Wildman–Crippen LogP) is 0.648. The van der Waals surface area contributed by atoms with Crippen LogP contribution in [-0.2, 0) is 9.53 Å². The molecule has 5 heteroatoms. The fraction of sp³-hybridized carbons (Fsp3) is 0.933. The van der Waals surface area contributed by atoms with Crippen LogP contribution < -0.4 is 0 Å². The number of hydrogen-bond donors (Lipinski definition) is 0. The molecule has 2 fully saturated rings. The Morgan fingerprint density at radius 1 is 1.25 bits per heavy atom. The minimum Gasteiger partial charge on any atom is -0.368 e. The van der Waals surface area contributed by atoms with Gasteiger partial charge >= 0.3 is 0 Å². The standard InChI is InChI=1S/C15H29N3O2/c1-12-10-17(15(19)14-6-5-9-20-14)11-13(2)18(12)8-7-16(3)4/h12-14H,5-11H2,1-4H3. The fourth-order valence-corrected chi connectivity index (χ4v) is 3.27. The number of likely N-dealkylation sites (N-methyl/N-ethyl adjacent to an activating group) is 1. The molecular formula is C15H29N3O2. The van der Waals surface area contributed by atoms with Gasteiger partial charge < -0.3 is 14.5 Å². The Bertz CT molecular complexity index is 317. The maximum absolute atomic E-state index is 12.4. The van der Waals surface area contributed by atoms with Crippen molar-refractivity contribution in [3.8, 4) is 0 Å². The fourth-order valence-electron chi connectivity index (χ4n) is 3.27. The number of piperazine rings is 1. The minimum atomic E-state index is -0.178. The first-order valence-corrected chi connectivity index (χ1v) is 7.80. The van der Waals surface area contributed by atoms with Gasteiger partial charge in [0, 0.05) is 44.9 Å². The first kappa shape index (κ1) is 15.7. The zero-order chi connectivity index (χ0) is 14.7. The Kier molecular flexibility index (Phi) is 5.41. The van der Waals surface area contributed by atoms with Crippen molar-refractivity contribution in [1.29, 1.82) is 0 Å². The van der Waals surface area contributed by atoms with E-state index < -0.39 is 0 Å². The van der Waals surface area contributed by atoms with E-state index in [9.17, 15) is 4.79 Å². The van der Waals surface area contributed by atoms with Crippen molar-refractivity contribution in [2.45, 2.75) is 44.9 Å². The highest BCUT2D eigenvalue weighted by molar-refractivity contribution is 5.81. The van der Waals surface area contributed by atoms with Gasteiger partial charge in [-0.05, 0) is 40.8 Å². The first-order chi connectivity index (χ1) is 9.49. The molecule has 0 aromatic rings. The summed E-state index contributed by atoms with van der Waals surface area (Å²) in [6, 6.07) is 0.841. The summed E-state index contributed by atoms with van der Waals surface area (Å²) in [7, 11) is 4.21. The van der Waals surface area contributed by atoms with Gasteiger partial charge in [0.05, 0.1) is 0 Å². The SMILES string of the molecule is CC1CN(C(=O)C2CCCO2)CC(C)N1CCN(C)C. The zero-order valence-electron chi connectivity index (χ0n) is 13.3. The molecule has 0 aromatic carbocycles. The zero-order valence-corrected chi connectivity index (χ0v) is 13.3. The van der Waals surface area contributed by atoms with E-state index >= 15 is 0 Å². The monoisotopic (exact) mass is 283 g/mol. The van der Waals surface area contributed by atoms with Crippen LogP contribution in [0.1, 0.15) is 26.7 Å². The average molecular weight is 283 g/mol. The Labute approximate surface area is 122 Å². The summed E-state index contributed by atoms with van der Waals surface area (Å²) >= 11 is 0. The average Bonchev–Trinajstić information content (AvgIpc) is 2.90. The Hall–Kier alpha value is -0.650. The van der Waals surface area contributed by atoms with Crippen molar-refractivity contribution in [3.63, 3.8) is 0 Å². The van der Waals surface area contributed by atoms with Gasteiger partial charge in [0.25, 0.3) is 5.91 Å². The van der Waals surface area contributed by atoms with Crippen LogP contribution in [-0.4, -0.2) is 85.7 Å². The van der Waals surface area contributed by atoms with E-state index in [1.54, 1.807) is 0 Å². The van der Waals surface area contributed by atoms with Crippen LogP contribution in [0.4, 0.5) is 0 Å². The van der Waals surface area contributed by atoms with Crippen molar-refractivity contribution >= 4 is 5.91 Å². The Morgan fingerprint density at radius 2 is 1.90 bits per heavy atom. The van der Waals surface area contributed by atoms with Crippen LogP contribution in [0, 0.1) is 0 Å². The van der Waals surface area contributed by atoms with E-state index in [0.29, 0.717) is 12.1 Å². The van der Waals surface area contributed by atoms with Gasteiger partial charge in [0.2, 0.25) is 0 Å². The lowest BCUT2D eigenvalue weighted by Gasteiger charge is -2.45. The summed E-state index contributed by atoms with van der Waals surface area (Å²) in [6.07, 6.45) is 1.73. The van der Waals surface area contributed by atoms with E-state index in [1.807, 2.05) is 4.90 Å². The van der Waals surface area contributed by atoms with Crippen LogP contribution in [0.25, 0.3) is 0 Å².